The molecule has 0 aliphatic heterocycles. The van der Waals surface area contributed by atoms with Gasteiger partial charge in [-0.2, -0.15) is 8.78 Å². The number of carbonyl (C=O) groups is 1. The molecular formula is C16H22F2N2O2. The molecule has 0 bridgehead atoms. The van der Waals surface area contributed by atoms with Gasteiger partial charge < -0.3 is 15.8 Å². The van der Waals surface area contributed by atoms with Gasteiger partial charge in [0.05, 0.1) is 5.92 Å². The summed E-state index contributed by atoms with van der Waals surface area (Å²) in [5.41, 5.74) is 6.43. The van der Waals surface area contributed by atoms with Crippen molar-refractivity contribution in [1.29, 1.82) is 0 Å². The number of rotatable bonds is 5. The number of nitrogens with two attached hydrogens (primary N) is 1. The van der Waals surface area contributed by atoms with Gasteiger partial charge >= 0.3 is 6.61 Å². The first-order chi connectivity index (χ1) is 10.4. The molecule has 1 aromatic carbocycles. The van der Waals surface area contributed by atoms with Crippen LogP contribution in [0.1, 0.15) is 38.2 Å². The van der Waals surface area contributed by atoms with Crippen LogP contribution in [-0.2, 0) is 11.3 Å². The Kier molecular flexibility index (Phi) is 5.34. The number of ether oxygens (including phenoxy) is 1. The van der Waals surface area contributed by atoms with Crippen molar-refractivity contribution in [2.75, 3.05) is 0 Å². The third-order valence-corrected chi connectivity index (χ3v) is 4.16. The molecule has 0 spiro atoms. The lowest BCUT2D eigenvalue weighted by atomic mass is 9.74. The zero-order valence-corrected chi connectivity index (χ0v) is 12.6. The standard InChI is InChI=1S/C16H22F2N2O2/c1-16(19)8-3-2-7-13(16)14(21)20-10-11-5-4-6-12(9-11)22-15(17)18/h4-6,9,13,15H,2-3,7-8,10,19H2,1H3,(H,20,21). The zero-order valence-electron chi connectivity index (χ0n) is 12.6. The molecule has 1 amide bonds. The minimum atomic E-state index is -2.86. The Morgan fingerprint density at radius 2 is 2.27 bits per heavy atom. The number of benzene rings is 1. The summed E-state index contributed by atoms with van der Waals surface area (Å²) in [5, 5.41) is 2.84. The van der Waals surface area contributed by atoms with E-state index in [9.17, 15) is 13.6 Å². The van der Waals surface area contributed by atoms with E-state index in [2.05, 4.69) is 10.1 Å². The number of alkyl halides is 2. The van der Waals surface area contributed by atoms with E-state index in [1.54, 1.807) is 12.1 Å². The van der Waals surface area contributed by atoms with Crippen molar-refractivity contribution in [2.24, 2.45) is 11.7 Å². The second-order valence-electron chi connectivity index (χ2n) is 6.05. The summed E-state index contributed by atoms with van der Waals surface area (Å²) >= 11 is 0. The van der Waals surface area contributed by atoms with Crippen molar-refractivity contribution < 1.29 is 18.3 Å². The fourth-order valence-corrected chi connectivity index (χ4v) is 2.93. The quantitative estimate of drug-likeness (QED) is 0.878. The summed E-state index contributed by atoms with van der Waals surface area (Å²) in [6.07, 6.45) is 3.67. The molecule has 0 heterocycles. The van der Waals surface area contributed by atoms with Crippen LogP contribution in [0.3, 0.4) is 0 Å². The lowest BCUT2D eigenvalue weighted by Crippen LogP contribution is -2.52. The first-order valence-corrected chi connectivity index (χ1v) is 7.49. The molecule has 0 aromatic heterocycles. The third-order valence-electron chi connectivity index (χ3n) is 4.16. The monoisotopic (exact) mass is 312 g/mol. The maximum Gasteiger partial charge on any atom is 0.387 e. The smallest absolute Gasteiger partial charge is 0.387 e. The van der Waals surface area contributed by atoms with Gasteiger partial charge in [0.1, 0.15) is 5.75 Å². The Bertz CT molecular complexity index is 521. The Balaban J connectivity index is 1.93. The van der Waals surface area contributed by atoms with Gasteiger partial charge in [-0.05, 0) is 37.5 Å². The molecule has 22 heavy (non-hydrogen) atoms. The Morgan fingerprint density at radius 3 is 2.95 bits per heavy atom. The fraction of sp³-hybridized carbons (Fsp3) is 0.562. The van der Waals surface area contributed by atoms with E-state index in [4.69, 9.17) is 5.73 Å². The normalized spacial score (nSPS) is 25.0. The van der Waals surface area contributed by atoms with Gasteiger partial charge in [-0.15, -0.1) is 0 Å². The van der Waals surface area contributed by atoms with Crippen LogP contribution in [-0.4, -0.2) is 18.1 Å². The van der Waals surface area contributed by atoms with Crippen LogP contribution in [0, 0.1) is 5.92 Å². The average Bonchev–Trinajstić information content (AvgIpc) is 2.44. The second-order valence-corrected chi connectivity index (χ2v) is 6.05. The molecule has 1 saturated carbocycles. The molecular weight excluding hydrogens is 290 g/mol. The molecule has 2 rings (SSSR count). The SMILES string of the molecule is CC1(N)CCCCC1C(=O)NCc1cccc(OC(F)F)c1. The molecule has 122 valence electrons. The summed E-state index contributed by atoms with van der Waals surface area (Å²) in [6, 6.07) is 6.32. The van der Waals surface area contributed by atoms with Gasteiger partial charge in [0.15, 0.2) is 0 Å². The third kappa shape index (κ3) is 4.40. The molecule has 1 aromatic rings. The molecule has 1 aliphatic rings. The number of amides is 1. The topological polar surface area (TPSA) is 64.4 Å². The van der Waals surface area contributed by atoms with E-state index in [0.29, 0.717) is 5.56 Å². The van der Waals surface area contributed by atoms with Gasteiger partial charge in [0.2, 0.25) is 5.91 Å². The van der Waals surface area contributed by atoms with Crippen molar-refractivity contribution >= 4 is 5.91 Å². The van der Waals surface area contributed by atoms with E-state index in [-0.39, 0.29) is 24.1 Å². The van der Waals surface area contributed by atoms with Crippen molar-refractivity contribution in [2.45, 2.75) is 51.3 Å². The first kappa shape index (κ1) is 16.7. The maximum atomic E-state index is 12.3. The van der Waals surface area contributed by atoms with Gasteiger partial charge in [-0.1, -0.05) is 25.0 Å². The van der Waals surface area contributed by atoms with Gasteiger partial charge in [0, 0.05) is 12.1 Å². The lowest BCUT2D eigenvalue weighted by Gasteiger charge is -2.37. The predicted molar refractivity (Wildman–Crippen MR) is 79.5 cm³/mol. The Hall–Kier alpha value is -1.69. The van der Waals surface area contributed by atoms with Gasteiger partial charge in [-0.3, -0.25) is 4.79 Å². The average molecular weight is 312 g/mol. The summed E-state index contributed by atoms with van der Waals surface area (Å²) in [7, 11) is 0. The van der Waals surface area contributed by atoms with Crippen LogP contribution in [0.15, 0.2) is 24.3 Å². The molecule has 3 N–H and O–H groups in total. The van der Waals surface area contributed by atoms with E-state index in [1.807, 2.05) is 6.92 Å². The first-order valence-electron chi connectivity index (χ1n) is 7.49. The molecule has 2 unspecified atom stereocenters. The predicted octanol–water partition coefficient (Wildman–Crippen LogP) is 2.81. The molecule has 1 aliphatic carbocycles. The minimum absolute atomic E-state index is 0.0788. The highest BCUT2D eigenvalue weighted by Crippen LogP contribution is 2.31. The molecule has 0 radical (unpaired) electrons. The highest BCUT2D eigenvalue weighted by molar-refractivity contribution is 5.80. The van der Waals surface area contributed by atoms with Crippen LogP contribution in [0.5, 0.6) is 5.75 Å². The summed E-state index contributed by atoms with van der Waals surface area (Å²) in [6.45, 7) is -0.677. The van der Waals surface area contributed by atoms with E-state index >= 15 is 0 Å². The number of halogens is 2. The van der Waals surface area contributed by atoms with Crippen LogP contribution in [0.25, 0.3) is 0 Å². The Morgan fingerprint density at radius 1 is 1.50 bits per heavy atom. The van der Waals surface area contributed by atoms with Gasteiger partial charge in [-0.25, -0.2) is 0 Å². The molecule has 0 saturated heterocycles. The summed E-state index contributed by atoms with van der Waals surface area (Å²) in [4.78, 5) is 12.3. The van der Waals surface area contributed by atoms with E-state index in [0.717, 1.165) is 25.7 Å². The van der Waals surface area contributed by atoms with Crippen molar-refractivity contribution in [1.82, 2.24) is 5.32 Å². The molecule has 4 nitrogen and oxygen atoms in total. The van der Waals surface area contributed by atoms with Crippen molar-refractivity contribution in [3.63, 3.8) is 0 Å². The van der Waals surface area contributed by atoms with Crippen LogP contribution in [0.4, 0.5) is 8.78 Å². The summed E-state index contributed by atoms with van der Waals surface area (Å²) in [5.74, 6) is -0.199. The van der Waals surface area contributed by atoms with Crippen LogP contribution in [0.2, 0.25) is 0 Å². The summed E-state index contributed by atoms with van der Waals surface area (Å²) < 4.78 is 28.7. The van der Waals surface area contributed by atoms with Crippen LogP contribution < -0.4 is 15.8 Å². The highest BCUT2D eigenvalue weighted by atomic mass is 19.3. The highest BCUT2D eigenvalue weighted by Gasteiger charge is 2.37. The van der Waals surface area contributed by atoms with Crippen LogP contribution >= 0.6 is 0 Å². The number of carbonyl (C=O) groups excluding carboxylic acids is 1. The fourth-order valence-electron chi connectivity index (χ4n) is 2.93. The lowest BCUT2D eigenvalue weighted by molar-refractivity contribution is -0.128. The van der Waals surface area contributed by atoms with Gasteiger partial charge in [0.25, 0.3) is 0 Å². The largest absolute Gasteiger partial charge is 0.435 e. The van der Waals surface area contributed by atoms with E-state index < -0.39 is 12.2 Å². The van der Waals surface area contributed by atoms with E-state index in [1.165, 1.54) is 12.1 Å². The number of nitrogens with one attached hydrogen (secondary N) is 1. The second kappa shape index (κ2) is 7.05. The zero-order chi connectivity index (χ0) is 16.2. The van der Waals surface area contributed by atoms with Crippen molar-refractivity contribution in [3.05, 3.63) is 29.8 Å². The molecule has 2 atom stereocenters. The molecule has 6 heteroatoms. The number of hydrogen-bond acceptors (Lipinski definition) is 3. The minimum Gasteiger partial charge on any atom is -0.435 e. The number of hydrogen-bond donors (Lipinski definition) is 2. The van der Waals surface area contributed by atoms with Crippen molar-refractivity contribution in [3.8, 4) is 5.75 Å². The maximum absolute atomic E-state index is 12.3. The molecule has 1 fully saturated rings. The Labute approximate surface area is 129 Å².